The minimum Gasteiger partial charge on any atom is -0.324 e. The Balaban J connectivity index is 1.55. The summed E-state index contributed by atoms with van der Waals surface area (Å²) in [6, 6.07) is 12.3. The number of hydrogen-bond donors (Lipinski definition) is 1. The summed E-state index contributed by atoms with van der Waals surface area (Å²) in [5.41, 5.74) is 6.91. The highest BCUT2D eigenvalue weighted by Gasteiger charge is 2.15. The molecule has 4 aromatic rings. The lowest BCUT2D eigenvalue weighted by Crippen LogP contribution is -2.16. The summed E-state index contributed by atoms with van der Waals surface area (Å²) in [5.74, 6) is -0.0962. The normalized spacial score (nSPS) is 11.2. The van der Waals surface area contributed by atoms with Gasteiger partial charge in [0.2, 0.25) is 5.91 Å². The summed E-state index contributed by atoms with van der Waals surface area (Å²) in [5, 5.41) is 5.50. The zero-order valence-corrected chi connectivity index (χ0v) is 18.2. The number of fused-ring (bicyclic) bond motifs is 1. The number of halogens is 1. The summed E-state index contributed by atoms with van der Waals surface area (Å²) in [6.07, 6.45) is 3.27. The van der Waals surface area contributed by atoms with Crippen LogP contribution in [0, 0.1) is 13.8 Å². The molecule has 0 saturated carbocycles. The van der Waals surface area contributed by atoms with Crippen LogP contribution in [0.3, 0.4) is 0 Å². The van der Waals surface area contributed by atoms with E-state index < -0.39 is 0 Å². The van der Waals surface area contributed by atoms with Crippen LogP contribution in [0.2, 0.25) is 5.02 Å². The molecule has 0 saturated heterocycles. The fraction of sp³-hybridized carbons (Fsp3) is 0.217. The SMILES string of the molecule is CCc1ccc(-c2cn3c(CC(=O)Nc4c(C)cc(C)cc4Cl)csc3n2)cc1. The van der Waals surface area contributed by atoms with E-state index in [2.05, 4.69) is 36.5 Å². The van der Waals surface area contributed by atoms with Gasteiger partial charge in [0, 0.05) is 22.8 Å². The molecule has 29 heavy (non-hydrogen) atoms. The molecule has 148 valence electrons. The van der Waals surface area contributed by atoms with E-state index in [1.54, 1.807) is 0 Å². The number of rotatable bonds is 5. The fourth-order valence-electron chi connectivity index (χ4n) is 3.43. The van der Waals surface area contributed by atoms with Crippen molar-refractivity contribution in [2.45, 2.75) is 33.6 Å². The summed E-state index contributed by atoms with van der Waals surface area (Å²) in [4.78, 5) is 18.3. The van der Waals surface area contributed by atoms with Gasteiger partial charge in [0.1, 0.15) is 0 Å². The largest absolute Gasteiger partial charge is 0.324 e. The number of thiazole rings is 1. The molecule has 0 aliphatic heterocycles. The molecule has 4 rings (SSSR count). The molecule has 0 fully saturated rings. The van der Waals surface area contributed by atoms with Gasteiger partial charge >= 0.3 is 0 Å². The maximum atomic E-state index is 12.7. The standard InChI is InChI=1S/C23H22ClN3OS/c1-4-16-5-7-17(8-6-16)20-12-27-18(13-29-23(27)25-20)11-21(28)26-22-15(3)9-14(2)10-19(22)24/h5-10,12-13H,4,11H2,1-3H3,(H,26,28). The van der Waals surface area contributed by atoms with Gasteiger partial charge in [-0.15, -0.1) is 11.3 Å². The first-order chi connectivity index (χ1) is 13.9. The Morgan fingerprint density at radius 1 is 1.21 bits per heavy atom. The second-order valence-electron chi connectivity index (χ2n) is 7.22. The van der Waals surface area contributed by atoms with Gasteiger partial charge in [-0.1, -0.05) is 48.9 Å². The number of imidazole rings is 1. The quantitative estimate of drug-likeness (QED) is 0.423. The number of aromatic nitrogens is 2. The molecule has 6 heteroatoms. The molecule has 4 nitrogen and oxygen atoms in total. The van der Waals surface area contributed by atoms with E-state index in [0.29, 0.717) is 10.7 Å². The molecule has 0 unspecified atom stereocenters. The van der Waals surface area contributed by atoms with Crippen LogP contribution in [-0.4, -0.2) is 15.3 Å². The van der Waals surface area contributed by atoms with Gasteiger partial charge in [-0.25, -0.2) is 4.98 Å². The monoisotopic (exact) mass is 423 g/mol. The molecule has 1 amide bonds. The Morgan fingerprint density at radius 3 is 2.66 bits per heavy atom. The Bertz CT molecular complexity index is 1170. The van der Waals surface area contributed by atoms with Crippen molar-refractivity contribution >= 4 is 39.5 Å². The van der Waals surface area contributed by atoms with Gasteiger partial charge in [0.25, 0.3) is 0 Å². The number of hydrogen-bond acceptors (Lipinski definition) is 3. The summed E-state index contributed by atoms with van der Waals surface area (Å²) < 4.78 is 2.00. The molecule has 1 N–H and O–H groups in total. The topological polar surface area (TPSA) is 46.4 Å². The maximum Gasteiger partial charge on any atom is 0.230 e. The number of nitrogens with one attached hydrogen (secondary N) is 1. The molecule has 0 aliphatic rings. The average Bonchev–Trinajstić information content (AvgIpc) is 3.27. The van der Waals surface area contributed by atoms with Crippen molar-refractivity contribution in [3.05, 3.63) is 75.4 Å². The van der Waals surface area contributed by atoms with E-state index in [9.17, 15) is 4.79 Å². The Labute approximate surface area is 179 Å². The van der Waals surface area contributed by atoms with Crippen molar-refractivity contribution in [1.29, 1.82) is 0 Å². The van der Waals surface area contributed by atoms with Crippen molar-refractivity contribution in [2.24, 2.45) is 0 Å². The summed E-state index contributed by atoms with van der Waals surface area (Å²) in [7, 11) is 0. The molecule has 0 bridgehead atoms. The number of aryl methyl sites for hydroxylation is 3. The van der Waals surface area contributed by atoms with Crippen LogP contribution >= 0.6 is 22.9 Å². The molecule has 0 atom stereocenters. The number of anilines is 1. The number of carbonyl (C=O) groups is 1. The van der Waals surface area contributed by atoms with E-state index in [4.69, 9.17) is 16.6 Å². The van der Waals surface area contributed by atoms with Crippen molar-refractivity contribution in [1.82, 2.24) is 9.38 Å². The van der Waals surface area contributed by atoms with E-state index in [1.165, 1.54) is 16.9 Å². The molecular formula is C23H22ClN3OS. The Kier molecular flexibility index (Phi) is 5.43. The smallest absolute Gasteiger partial charge is 0.230 e. The second-order valence-corrected chi connectivity index (χ2v) is 8.46. The number of benzene rings is 2. The summed E-state index contributed by atoms with van der Waals surface area (Å²) >= 11 is 7.86. The van der Waals surface area contributed by atoms with Gasteiger partial charge in [-0.2, -0.15) is 0 Å². The fourth-order valence-corrected chi connectivity index (χ4v) is 4.67. The third-order valence-electron chi connectivity index (χ3n) is 4.98. The molecule has 2 aromatic carbocycles. The molecular weight excluding hydrogens is 402 g/mol. The highest BCUT2D eigenvalue weighted by molar-refractivity contribution is 7.15. The molecule has 2 aromatic heterocycles. The van der Waals surface area contributed by atoms with Crippen LogP contribution in [0.25, 0.3) is 16.2 Å². The zero-order valence-electron chi connectivity index (χ0n) is 16.6. The van der Waals surface area contributed by atoms with E-state index in [1.807, 2.05) is 42.0 Å². The third kappa shape index (κ3) is 4.07. The lowest BCUT2D eigenvalue weighted by molar-refractivity contribution is -0.115. The van der Waals surface area contributed by atoms with E-state index >= 15 is 0 Å². The first kappa shape index (κ1) is 19.7. The summed E-state index contributed by atoms with van der Waals surface area (Å²) in [6.45, 7) is 6.08. The van der Waals surface area contributed by atoms with Crippen LogP contribution < -0.4 is 5.32 Å². The van der Waals surface area contributed by atoms with Crippen LogP contribution in [0.4, 0.5) is 5.69 Å². The molecule has 2 heterocycles. The Morgan fingerprint density at radius 2 is 1.97 bits per heavy atom. The average molecular weight is 424 g/mol. The van der Waals surface area contributed by atoms with Crippen molar-refractivity contribution in [2.75, 3.05) is 5.32 Å². The minimum atomic E-state index is -0.0962. The highest BCUT2D eigenvalue weighted by Crippen LogP contribution is 2.28. The van der Waals surface area contributed by atoms with Crippen LogP contribution in [-0.2, 0) is 17.6 Å². The van der Waals surface area contributed by atoms with Crippen molar-refractivity contribution in [3.63, 3.8) is 0 Å². The van der Waals surface area contributed by atoms with Crippen molar-refractivity contribution in [3.8, 4) is 11.3 Å². The van der Waals surface area contributed by atoms with Gasteiger partial charge in [0.05, 0.1) is 22.8 Å². The predicted octanol–water partition coefficient (Wildman–Crippen LogP) is 6.08. The van der Waals surface area contributed by atoms with Crippen molar-refractivity contribution < 1.29 is 4.79 Å². The highest BCUT2D eigenvalue weighted by atomic mass is 35.5. The zero-order chi connectivity index (χ0) is 20.5. The van der Waals surface area contributed by atoms with Gasteiger partial charge in [0.15, 0.2) is 4.96 Å². The van der Waals surface area contributed by atoms with Gasteiger partial charge < -0.3 is 5.32 Å². The molecule has 0 radical (unpaired) electrons. The van der Waals surface area contributed by atoms with Gasteiger partial charge in [-0.3, -0.25) is 9.20 Å². The first-order valence-electron chi connectivity index (χ1n) is 9.56. The Hall–Kier alpha value is -2.63. The maximum absolute atomic E-state index is 12.7. The first-order valence-corrected chi connectivity index (χ1v) is 10.8. The molecule has 0 spiro atoms. The second kappa shape index (κ2) is 8.01. The number of nitrogens with zero attached hydrogens (tertiary/aromatic N) is 2. The minimum absolute atomic E-state index is 0.0962. The van der Waals surface area contributed by atoms with E-state index in [0.717, 1.165) is 39.5 Å². The third-order valence-corrected chi connectivity index (χ3v) is 6.17. The molecule has 0 aliphatic carbocycles. The van der Waals surface area contributed by atoms with Crippen LogP contribution in [0.5, 0.6) is 0 Å². The predicted molar refractivity (Wildman–Crippen MR) is 121 cm³/mol. The van der Waals surface area contributed by atoms with Crippen LogP contribution in [0.1, 0.15) is 29.3 Å². The number of amides is 1. The van der Waals surface area contributed by atoms with E-state index in [-0.39, 0.29) is 12.3 Å². The number of carbonyl (C=O) groups excluding carboxylic acids is 1. The van der Waals surface area contributed by atoms with Crippen LogP contribution in [0.15, 0.2) is 48.0 Å². The van der Waals surface area contributed by atoms with Gasteiger partial charge in [-0.05, 0) is 43.0 Å². The lowest BCUT2D eigenvalue weighted by atomic mass is 10.1. The lowest BCUT2D eigenvalue weighted by Gasteiger charge is -2.11.